The number of aryl methyl sites for hydroxylation is 1. The summed E-state index contributed by atoms with van der Waals surface area (Å²) in [5, 5.41) is 3.05. The van der Waals surface area contributed by atoms with Crippen LogP contribution in [0.2, 0.25) is 0 Å². The lowest BCUT2D eigenvalue weighted by Crippen LogP contribution is -2.14. The third-order valence-electron chi connectivity index (χ3n) is 3.21. The predicted octanol–water partition coefficient (Wildman–Crippen LogP) is 1.72. The molecule has 0 atom stereocenters. The minimum atomic E-state index is -0.170. The molecule has 0 saturated carbocycles. The van der Waals surface area contributed by atoms with Crippen LogP contribution in [0.4, 0.5) is 5.95 Å². The molecule has 0 spiro atoms. The number of ether oxygens (including phenoxy) is 3. The Bertz CT molecular complexity index is 712. The van der Waals surface area contributed by atoms with Crippen molar-refractivity contribution in [3.63, 3.8) is 0 Å². The second-order valence-corrected chi connectivity index (χ2v) is 4.59. The molecule has 0 radical (unpaired) electrons. The van der Waals surface area contributed by atoms with E-state index >= 15 is 0 Å². The van der Waals surface area contributed by atoms with E-state index in [1.807, 2.05) is 6.07 Å². The van der Waals surface area contributed by atoms with Crippen molar-refractivity contribution in [3.05, 3.63) is 39.8 Å². The number of benzene rings is 1. The molecule has 2 aromatic rings. The molecule has 22 heavy (non-hydrogen) atoms. The van der Waals surface area contributed by atoms with E-state index in [-0.39, 0.29) is 5.56 Å². The number of aromatic nitrogens is 2. The van der Waals surface area contributed by atoms with Crippen molar-refractivity contribution >= 4 is 5.95 Å². The monoisotopic (exact) mass is 305 g/mol. The Morgan fingerprint density at radius 1 is 1.14 bits per heavy atom. The second kappa shape index (κ2) is 6.84. The van der Waals surface area contributed by atoms with Gasteiger partial charge in [0.05, 0.1) is 21.3 Å². The van der Waals surface area contributed by atoms with Crippen LogP contribution in [0.5, 0.6) is 17.2 Å². The lowest BCUT2D eigenvalue weighted by Gasteiger charge is -2.16. The molecule has 0 bridgehead atoms. The lowest BCUT2D eigenvalue weighted by atomic mass is 10.1. The van der Waals surface area contributed by atoms with Gasteiger partial charge >= 0.3 is 0 Å². The van der Waals surface area contributed by atoms with Gasteiger partial charge in [0.15, 0.2) is 11.5 Å². The molecule has 0 amide bonds. The number of anilines is 1. The second-order valence-electron chi connectivity index (χ2n) is 4.59. The number of nitrogens with zero attached hydrogens (tertiary/aromatic N) is 1. The van der Waals surface area contributed by atoms with E-state index in [1.54, 1.807) is 34.3 Å². The summed E-state index contributed by atoms with van der Waals surface area (Å²) >= 11 is 0. The number of rotatable bonds is 6. The molecular weight excluding hydrogens is 286 g/mol. The lowest BCUT2D eigenvalue weighted by molar-refractivity contribution is 0.322. The van der Waals surface area contributed by atoms with Gasteiger partial charge < -0.3 is 19.5 Å². The molecule has 0 aliphatic heterocycles. The molecule has 0 saturated heterocycles. The van der Waals surface area contributed by atoms with E-state index < -0.39 is 0 Å². The molecule has 0 unspecified atom stereocenters. The number of hydrogen-bond acceptors (Lipinski definition) is 6. The van der Waals surface area contributed by atoms with Crippen molar-refractivity contribution < 1.29 is 14.2 Å². The van der Waals surface area contributed by atoms with Gasteiger partial charge in [0.25, 0.3) is 5.56 Å². The van der Waals surface area contributed by atoms with Crippen LogP contribution in [0.15, 0.2) is 23.1 Å². The first-order valence-corrected chi connectivity index (χ1v) is 6.68. The zero-order valence-corrected chi connectivity index (χ0v) is 13.0. The van der Waals surface area contributed by atoms with E-state index in [4.69, 9.17) is 14.2 Å². The Hall–Kier alpha value is -2.70. The van der Waals surface area contributed by atoms with Gasteiger partial charge in [-0.3, -0.25) is 9.78 Å². The van der Waals surface area contributed by atoms with Crippen LogP contribution >= 0.6 is 0 Å². The highest BCUT2D eigenvalue weighted by atomic mass is 16.5. The molecular formula is C15H19N3O4. The minimum Gasteiger partial charge on any atom is -0.493 e. The van der Waals surface area contributed by atoms with Gasteiger partial charge in [0.2, 0.25) is 11.7 Å². The fraction of sp³-hybridized carbons (Fsp3) is 0.333. The van der Waals surface area contributed by atoms with E-state index in [0.29, 0.717) is 35.3 Å². The van der Waals surface area contributed by atoms with Crippen molar-refractivity contribution in [2.24, 2.45) is 0 Å². The SMILES string of the molecule is COc1ccc(CNc2ncc(C)c(=O)[nH]2)c(OC)c1OC. The average molecular weight is 305 g/mol. The maximum absolute atomic E-state index is 11.6. The first-order valence-electron chi connectivity index (χ1n) is 6.68. The summed E-state index contributed by atoms with van der Waals surface area (Å²) in [6, 6.07) is 3.66. The molecule has 2 rings (SSSR count). The average Bonchev–Trinajstić information content (AvgIpc) is 2.54. The van der Waals surface area contributed by atoms with E-state index in [9.17, 15) is 4.79 Å². The molecule has 7 heteroatoms. The zero-order valence-electron chi connectivity index (χ0n) is 13.0. The third-order valence-corrected chi connectivity index (χ3v) is 3.21. The quantitative estimate of drug-likeness (QED) is 0.845. The molecule has 7 nitrogen and oxygen atoms in total. The summed E-state index contributed by atoms with van der Waals surface area (Å²) in [6.07, 6.45) is 1.52. The minimum absolute atomic E-state index is 0.170. The van der Waals surface area contributed by atoms with Crippen molar-refractivity contribution in [1.82, 2.24) is 9.97 Å². The first kappa shape index (κ1) is 15.7. The maximum Gasteiger partial charge on any atom is 0.255 e. The summed E-state index contributed by atoms with van der Waals surface area (Å²) in [4.78, 5) is 18.3. The van der Waals surface area contributed by atoms with Gasteiger partial charge in [0.1, 0.15) is 0 Å². The fourth-order valence-corrected chi connectivity index (χ4v) is 2.03. The van der Waals surface area contributed by atoms with Crippen molar-refractivity contribution in [3.8, 4) is 17.2 Å². The van der Waals surface area contributed by atoms with Gasteiger partial charge in [0, 0.05) is 23.9 Å². The zero-order chi connectivity index (χ0) is 16.1. The number of methoxy groups -OCH3 is 3. The summed E-state index contributed by atoms with van der Waals surface area (Å²) in [6.45, 7) is 2.11. The van der Waals surface area contributed by atoms with Crippen LogP contribution in [-0.4, -0.2) is 31.3 Å². The number of aromatic amines is 1. The van der Waals surface area contributed by atoms with Crippen LogP contribution in [0.1, 0.15) is 11.1 Å². The topological polar surface area (TPSA) is 85.5 Å². The summed E-state index contributed by atoms with van der Waals surface area (Å²) in [5.41, 5.74) is 1.24. The van der Waals surface area contributed by atoms with Gasteiger partial charge in [-0.2, -0.15) is 0 Å². The van der Waals surface area contributed by atoms with Crippen molar-refractivity contribution in [2.45, 2.75) is 13.5 Å². The Morgan fingerprint density at radius 3 is 2.45 bits per heavy atom. The third kappa shape index (κ3) is 3.13. The van der Waals surface area contributed by atoms with Crippen molar-refractivity contribution in [2.75, 3.05) is 26.6 Å². The normalized spacial score (nSPS) is 10.2. The van der Waals surface area contributed by atoms with Crippen molar-refractivity contribution in [1.29, 1.82) is 0 Å². The Morgan fingerprint density at radius 2 is 1.86 bits per heavy atom. The first-order chi connectivity index (χ1) is 10.6. The van der Waals surface area contributed by atoms with Crippen LogP contribution in [0, 0.1) is 6.92 Å². The highest BCUT2D eigenvalue weighted by Gasteiger charge is 2.15. The van der Waals surface area contributed by atoms with E-state index in [2.05, 4.69) is 15.3 Å². The molecule has 1 heterocycles. The molecule has 1 aromatic carbocycles. The number of nitrogens with one attached hydrogen (secondary N) is 2. The van der Waals surface area contributed by atoms with Crippen LogP contribution in [0.25, 0.3) is 0 Å². The molecule has 0 aliphatic carbocycles. The highest BCUT2D eigenvalue weighted by molar-refractivity contribution is 5.56. The highest BCUT2D eigenvalue weighted by Crippen LogP contribution is 2.39. The molecule has 2 N–H and O–H groups in total. The molecule has 0 fully saturated rings. The smallest absolute Gasteiger partial charge is 0.255 e. The maximum atomic E-state index is 11.6. The van der Waals surface area contributed by atoms with Gasteiger partial charge in [-0.05, 0) is 19.1 Å². The molecule has 1 aromatic heterocycles. The van der Waals surface area contributed by atoms with Crippen LogP contribution in [-0.2, 0) is 6.54 Å². The predicted molar refractivity (Wildman–Crippen MR) is 83.0 cm³/mol. The summed E-state index contributed by atoms with van der Waals surface area (Å²) in [5.74, 6) is 2.08. The standard InChI is InChI=1S/C15H19N3O4/c1-9-7-16-15(18-14(9)19)17-8-10-5-6-11(20-2)13(22-4)12(10)21-3/h5-7H,8H2,1-4H3,(H2,16,17,18,19). The van der Waals surface area contributed by atoms with E-state index in [1.165, 1.54) is 6.20 Å². The van der Waals surface area contributed by atoms with Gasteiger partial charge in [-0.1, -0.05) is 0 Å². The number of H-pyrrole nitrogens is 1. The molecule has 0 aliphatic rings. The fourth-order valence-electron chi connectivity index (χ4n) is 2.03. The number of hydrogen-bond donors (Lipinski definition) is 2. The Kier molecular flexibility index (Phi) is 4.88. The van der Waals surface area contributed by atoms with Crippen LogP contribution < -0.4 is 25.1 Å². The largest absolute Gasteiger partial charge is 0.493 e. The van der Waals surface area contributed by atoms with Gasteiger partial charge in [-0.15, -0.1) is 0 Å². The van der Waals surface area contributed by atoms with Gasteiger partial charge in [-0.25, -0.2) is 4.98 Å². The Balaban J connectivity index is 2.25. The van der Waals surface area contributed by atoms with E-state index in [0.717, 1.165) is 5.56 Å². The molecule has 118 valence electrons. The summed E-state index contributed by atoms with van der Waals surface area (Å²) in [7, 11) is 4.68. The van der Waals surface area contributed by atoms with Crippen LogP contribution in [0.3, 0.4) is 0 Å². The summed E-state index contributed by atoms with van der Waals surface area (Å²) < 4.78 is 16.0. The Labute approximate surface area is 128 Å².